The van der Waals surface area contributed by atoms with E-state index in [2.05, 4.69) is 15.7 Å². The van der Waals surface area contributed by atoms with Crippen LogP contribution in [0.5, 0.6) is 0 Å². The Morgan fingerprint density at radius 2 is 2.00 bits per heavy atom. The maximum absolute atomic E-state index is 12.3. The van der Waals surface area contributed by atoms with Crippen molar-refractivity contribution in [1.29, 1.82) is 0 Å². The lowest BCUT2D eigenvalue weighted by atomic mass is 10.0. The summed E-state index contributed by atoms with van der Waals surface area (Å²) in [6.45, 7) is 2.15. The van der Waals surface area contributed by atoms with Crippen LogP contribution in [0.3, 0.4) is 0 Å². The average molecular weight is 314 g/mol. The Hall–Kier alpha value is -2.09. The molecule has 1 unspecified atom stereocenters. The fraction of sp³-hybridized carbons (Fsp3) is 0.429. The van der Waals surface area contributed by atoms with E-state index in [9.17, 15) is 18.0 Å². The number of rotatable bonds is 5. The molecule has 0 saturated heterocycles. The topological polar surface area (TPSA) is 59.0 Å². The first-order chi connectivity index (χ1) is 10.3. The molecule has 1 atom stereocenters. The number of carbonyl (C=O) groups excluding carboxylic acids is 1. The Kier molecular flexibility index (Phi) is 4.70. The predicted molar refractivity (Wildman–Crippen MR) is 76.8 cm³/mol. The summed E-state index contributed by atoms with van der Waals surface area (Å²) in [7, 11) is 0. The van der Waals surface area contributed by atoms with Crippen molar-refractivity contribution in [2.45, 2.75) is 26.1 Å². The number of fused-ring (bicyclic) bond motifs is 1. The monoisotopic (exact) mass is 314 g/mol. The molecule has 5 nitrogen and oxygen atoms in total. The van der Waals surface area contributed by atoms with E-state index >= 15 is 0 Å². The van der Waals surface area contributed by atoms with Gasteiger partial charge in [0.05, 0.1) is 23.6 Å². The highest BCUT2D eigenvalue weighted by atomic mass is 19.4. The summed E-state index contributed by atoms with van der Waals surface area (Å²) < 4.78 is 38.4. The van der Waals surface area contributed by atoms with Crippen molar-refractivity contribution < 1.29 is 18.0 Å². The van der Waals surface area contributed by atoms with Gasteiger partial charge in [0.2, 0.25) is 0 Å². The first-order valence-corrected chi connectivity index (χ1v) is 6.81. The lowest BCUT2D eigenvalue weighted by molar-refractivity contribution is -0.131. The number of alkyl halides is 3. The third-order valence-electron chi connectivity index (χ3n) is 3.16. The fourth-order valence-electron chi connectivity index (χ4n) is 2.09. The first-order valence-electron chi connectivity index (χ1n) is 6.81. The Balaban J connectivity index is 2.11. The predicted octanol–water partition coefficient (Wildman–Crippen LogP) is 2.28. The number of nitrogens with one attached hydrogen (secondary N) is 2. The molecule has 1 aromatic carbocycles. The molecule has 0 radical (unpaired) electrons. The van der Waals surface area contributed by atoms with Crippen LogP contribution in [0, 0.1) is 5.92 Å². The number of nitrogens with zero attached hydrogens (tertiary/aromatic N) is 2. The summed E-state index contributed by atoms with van der Waals surface area (Å²) in [5, 5.41) is 2.25. The maximum Gasteiger partial charge on any atom is 0.401 e. The standard InChI is InChI=1S/C14H17F3N4O/c1-9(2)12(18-7-14(15,16)17)13(22)20-21-8-19-10-5-3-4-6-11(10)21/h3-6,8-9,12,18H,7H2,1-2H3,(H,20,22). The molecule has 1 amide bonds. The van der Waals surface area contributed by atoms with E-state index in [1.54, 1.807) is 32.0 Å². The van der Waals surface area contributed by atoms with E-state index in [4.69, 9.17) is 0 Å². The Morgan fingerprint density at radius 1 is 1.32 bits per heavy atom. The van der Waals surface area contributed by atoms with Crippen LogP contribution in [-0.4, -0.2) is 34.3 Å². The van der Waals surface area contributed by atoms with Gasteiger partial charge in [0.1, 0.15) is 6.33 Å². The lowest BCUT2D eigenvalue weighted by Gasteiger charge is -2.22. The second-order valence-electron chi connectivity index (χ2n) is 5.30. The summed E-state index contributed by atoms with van der Waals surface area (Å²) in [6, 6.07) is 6.18. The van der Waals surface area contributed by atoms with Gasteiger partial charge in [-0.15, -0.1) is 0 Å². The van der Waals surface area contributed by atoms with Gasteiger partial charge in [-0.1, -0.05) is 26.0 Å². The fourth-order valence-corrected chi connectivity index (χ4v) is 2.09. The van der Waals surface area contributed by atoms with Crippen LogP contribution < -0.4 is 10.7 Å². The zero-order valence-electron chi connectivity index (χ0n) is 12.2. The Morgan fingerprint density at radius 3 is 2.64 bits per heavy atom. The minimum Gasteiger partial charge on any atom is -0.297 e. The summed E-state index contributed by atoms with van der Waals surface area (Å²) in [6.07, 6.45) is -2.95. The Labute approximate surface area is 125 Å². The van der Waals surface area contributed by atoms with Gasteiger partial charge in [0, 0.05) is 0 Å². The van der Waals surface area contributed by atoms with E-state index in [0.717, 1.165) is 0 Å². The van der Waals surface area contributed by atoms with Crippen molar-refractivity contribution in [3.05, 3.63) is 30.6 Å². The SMILES string of the molecule is CC(C)C(NCC(F)(F)F)C(=O)Nn1cnc2ccccc21. The summed E-state index contributed by atoms with van der Waals surface area (Å²) in [5.74, 6) is -0.834. The number of para-hydroxylation sites is 2. The number of hydrogen-bond donors (Lipinski definition) is 2. The molecule has 0 bridgehead atoms. The molecule has 120 valence electrons. The molecule has 22 heavy (non-hydrogen) atoms. The quantitative estimate of drug-likeness (QED) is 0.890. The van der Waals surface area contributed by atoms with Crippen LogP contribution in [0.25, 0.3) is 11.0 Å². The molecule has 0 aliphatic carbocycles. The van der Waals surface area contributed by atoms with Crippen molar-refractivity contribution in [3.8, 4) is 0 Å². The van der Waals surface area contributed by atoms with E-state index in [-0.39, 0.29) is 5.92 Å². The van der Waals surface area contributed by atoms with Gasteiger partial charge in [-0.25, -0.2) is 9.66 Å². The first kappa shape index (κ1) is 16.3. The van der Waals surface area contributed by atoms with Gasteiger partial charge in [0.15, 0.2) is 0 Å². The Bertz CT molecular complexity index is 651. The molecule has 0 saturated carbocycles. The number of aromatic nitrogens is 2. The maximum atomic E-state index is 12.3. The number of amides is 1. The smallest absolute Gasteiger partial charge is 0.297 e. The summed E-state index contributed by atoms with van der Waals surface area (Å²) in [4.78, 5) is 16.3. The van der Waals surface area contributed by atoms with Gasteiger partial charge >= 0.3 is 6.18 Å². The second-order valence-corrected chi connectivity index (χ2v) is 5.30. The zero-order chi connectivity index (χ0) is 16.3. The number of carbonyl (C=O) groups is 1. The molecule has 2 aromatic rings. The van der Waals surface area contributed by atoms with Gasteiger partial charge in [0.25, 0.3) is 5.91 Å². The third kappa shape index (κ3) is 3.97. The zero-order valence-corrected chi connectivity index (χ0v) is 12.2. The van der Waals surface area contributed by atoms with Crippen LogP contribution in [0.4, 0.5) is 13.2 Å². The highest BCUT2D eigenvalue weighted by Crippen LogP contribution is 2.15. The van der Waals surface area contributed by atoms with Crippen molar-refractivity contribution in [3.63, 3.8) is 0 Å². The molecule has 0 aliphatic rings. The largest absolute Gasteiger partial charge is 0.401 e. The van der Waals surface area contributed by atoms with E-state index in [1.807, 2.05) is 6.07 Å². The van der Waals surface area contributed by atoms with Crippen molar-refractivity contribution >= 4 is 16.9 Å². The minimum atomic E-state index is -4.37. The molecule has 8 heteroatoms. The van der Waals surface area contributed by atoms with Crippen molar-refractivity contribution in [2.24, 2.45) is 5.92 Å². The molecular weight excluding hydrogens is 297 g/mol. The number of hydrogen-bond acceptors (Lipinski definition) is 3. The van der Waals surface area contributed by atoms with Gasteiger partial charge in [-0.05, 0) is 18.1 Å². The van der Waals surface area contributed by atoms with Crippen molar-refractivity contribution in [2.75, 3.05) is 12.0 Å². The molecule has 0 aliphatic heterocycles. The van der Waals surface area contributed by atoms with Crippen LogP contribution >= 0.6 is 0 Å². The summed E-state index contributed by atoms with van der Waals surface area (Å²) in [5.41, 5.74) is 3.93. The van der Waals surface area contributed by atoms with Gasteiger partial charge in [-0.3, -0.25) is 15.5 Å². The third-order valence-corrected chi connectivity index (χ3v) is 3.16. The molecule has 2 rings (SSSR count). The lowest BCUT2D eigenvalue weighted by Crippen LogP contribution is -2.49. The number of imidazole rings is 1. The molecule has 1 aromatic heterocycles. The highest BCUT2D eigenvalue weighted by Gasteiger charge is 2.31. The minimum absolute atomic E-state index is 0.294. The van der Waals surface area contributed by atoms with Gasteiger partial charge < -0.3 is 0 Å². The molecular formula is C14H17F3N4O. The van der Waals surface area contributed by atoms with E-state index in [0.29, 0.717) is 11.0 Å². The van der Waals surface area contributed by atoms with Crippen molar-refractivity contribution in [1.82, 2.24) is 15.0 Å². The molecule has 0 spiro atoms. The normalized spacial score (nSPS) is 13.5. The van der Waals surface area contributed by atoms with Gasteiger partial charge in [-0.2, -0.15) is 13.2 Å². The van der Waals surface area contributed by atoms with Crippen LogP contribution in [0.1, 0.15) is 13.8 Å². The average Bonchev–Trinajstić information content (AvgIpc) is 2.81. The van der Waals surface area contributed by atoms with Crippen LogP contribution in [0.2, 0.25) is 0 Å². The molecule has 0 fully saturated rings. The highest BCUT2D eigenvalue weighted by molar-refractivity contribution is 5.90. The van der Waals surface area contributed by atoms with E-state index in [1.165, 1.54) is 11.0 Å². The number of benzene rings is 1. The van der Waals surface area contributed by atoms with Crippen LogP contribution in [0.15, 0.2) is 30.6 Å². The van der Waals surface area contributed by atoms with E-state index < -0.39 is 24.7 Å². The summed E-state index contributed by atoms with van der Waals surface area (Å²) >= 11 is 0. The molecule has 1 heterocycles. The second kappa shape index (κ2) is 6.35. The molecule has 2 N–H and O–H groups in total. The van der Waals surface area contributed by atoms with Crippen LogP contribution in [-0.2, 0) is 4.79 Å². The number of halogens is 3.